The minimum Gasteiger partial charge on any atom is -0.299 e. The van der Waals surface area contributed by atoms with E-state index in [4.69, 9.17) is 0 Å². The van der Waals surface area contributed by atoms with Crippen LogP contribution >= 0.6 is 0 Å². The maximum absolute atomic E-state index is 12.0. The normalized spacial score (nSPS) is 12.4. The smallest absolute Gasteiger partial charge is 0.142 e. The maximum Gasteiger partial charge on any atom is 0.142 e. The van der Waals surface area contributed by atoms with Gasteiger partial charge in [-0.05, 0) is 16.7 Å². The van der Waals surface area contributed by atoms with E-state index >= 15 is 0 Å². The molecule has 2 rings (SSSR count). The highest BCUT2D eigenvalue weighted by Crippen LogP contribution is 2.24. The predicted molar refractivity (Wildman–Crippen MR) is 80.1 cm³/mol. The Labute approximate surface area is 115 Å². The van der Waals surface area contributed by atoms with E-state index in [9.17, 15) is 4.79 Å². The molecule has 0 radical (unpaired) electrons. The molecule has 0 saturated carbocycles. The van der Waals surface area contributed by atoms with Gasteiger partial charge in [-0.3, -0.25) is 4.79 Å². The summed E-state index contributed by atoms with van der Waals surface area (Å²) in [7, 11) is 0. The average molecular weight is 252 g/mol. The molecule has 19 heavy (non-hydrogen) atoms. The Balaban J connectivity index is 2.22. The van der Waals surface area contributed by atoms with Crippen molar-refractivity contribution >= 4 is 5.78 Å². The minimum atomic E-state index is -0.0233. The van der Waals surface area contributed by atoms with E-state index in [-0.39, 0.29) is 11.8 Å². The Morgan fingerprint density at radius 1 is 0.789 bits per heavy atom. The summed E-state index contributed by atoms with van der Waals surface area (Å²) in [6.07, 6.45) is 0. The van der Waals surface area contributed by atoms with Gasteiger partial charge in [0.15, 0.2) is 0 Å². The molecule has 0 aliphatic carbocycles. The monoisotopic (exact) mass is 252 g/mol. The number of Topliss-reactive ketones (excluding diaryl/α,β-unsaturated/α-hetero) is 1. The summed E-state index contributed by atoms with van der Waals surface area (Å²) in [5.74, 6) is 0.362. The van der Waals surface area contributed by atoms with Crippen molar-refractivity contribution in [3.63, 3.8) is 0 Å². The van der Waals surface area contributed by atoms with Gasteiger partial charge in [0.2, 0.25) is 0 Å². The van der Waals surface area contributed by atoms with E-state index in [1.807, 2.05) is 39.0 Å². The topological polar surface area (TPSA) is 17.1 Å². The second kappa shape index (κ2) is 5.83. The van der Waals surface area contributed by atoms with Gasteiger partial charge in [-0.15, -0.1) is 0 Å². The van der Waals surface area contributed by atoms with Crippen molar-refractivity contribution in [3.05, 3.63) is 60.2 Å². The molecule has 1 nitrogen and oxygen atoms in total. The molecule has 0 fully saturated rings. The van der Waals surface area contributed by atoms with Crippen LogP contribution < -0.4 is 0 Å². The first-order valence-electron chi connectivity index (χ1n) is 6.78. The molecule has 0 heterocycles. The third-order valence-electron chi connectivity index (χ3n) is 3.51. The van der Waals surface area contributed by atoms with Crippen molar-refractivity contribution in [1.29, 1.82) is 0 Å². The van der Waals surface area contributed by atoms with Crippen molar-refractivity contribution in [3.8, 4) is 11.1 Å². The van der Waals surface area contributed by atoms with Crippen LogP contribution in [0, 0.1) is 5.92 Å². The predicted octanol–water partition coefficient (Wildman–Crippen LogP) is 4.68. The molecule has 0 N–H and O–H groups in total. The SMILES string of the molecule is CC(C)C(=O)C(C)c1ccc(-c2ccccc2)cc1. The van der Waals surface area contributed by atoms with Gasteiger partial charge in [0.1, 0.15) is 5.78 Å². The van der Waals surface area contributed by atoms with Crippen LogP contribution in [0.15, 0.2) is 54.6 Å². The van der Waals surface area contributed by atoms with Crippen LogP contribution in [0.3, 0.4) is 0 Å². The molecule has 1 heteroatoms. The first-order chi connectivity index (χ1) is 9.09. The Morgan fingerprint density at radius 2 is 1.32 bits per heavy atom. The van der Waals surface area contributed by atoms with Gasteiger partial charge in [-0.1, -0.05) is 75.4 Å². The Morgan fingerprint density at radius 3 is 1.84 bits per heavy atom. The fourth-order valence-corrected chi connectivity index (χ4v) is 2.26. The number of hydrogen-bond acceptors (Lipinski definition) is 1. The van der Waals surface area contributed by atoms with Crippen molar-refractivity contribution < 1.29 is 4.79 Å². The molecular weight excluding hydrogens is 232 g/mol. The standard InChI is InChI=1S/C18H20O/c1-13(2)18(19)14(3)15-9-11-17(12-10-15)16-7-5-4-6-8-16/h4-14H,1-3H3. The number of rotatable bonds is 4. The summed E-state index contributed by atoms with van der Waals surface area (Å²) in [5, 5.41) is 0. The van der Waals surface area contributed by atoms with E-state index < -0.39 is 0 Å². The van der Waals surface area contributed by atoms with Crippen molar-refractivity contribution in [2.24, 2.45) is 5.92 Å². The third kappa shape index (κ3) is 3.11. The molecule has 0 amide bonds. The minimum absolute atomic E-state index is 0.0233. The highest BCUT2D eigenvalue weighted by atomic mass is 16.1. The molecule has 98 valence electrons. The maximum atomic E-state index is 12.0. The van der Waals surface area contributed by atoms with Crippen LogP contribution in [-0.2, 0) is 4.79 Å². The van der Waals surface area contributed by atoms with Crippen LogP contribution in [0.1, 0.15) is 32.3 Å². The van der Waals surface area contributed by atoms with Crippen LogP contribution in [0.2, 0.25) is 0 Å². The van der Waals surface area contributed by atoms with Crippen LogP contribution in [0.5, 0.6) is 0 Å². The summed E-state index contributed by atoms with van der Waals surface area (Å²) in [6, 6.07) is 18.6. The van der Waals surface area contributed by atoms with Gasteiger partial charge < -0.3 is 0 Å². The van der Waals surface area contributed by atoms with E-state index in [1.54, 1.807) is 0 Å². The van der Waals surface area contributed by atoms with E-state index in [1.165, 1.54) is 11.1 Å². The number of carbonyl (C=O) groups excluding carboxylic acids is 1. The van der Waals surface area contributed by atoms with Gasteiger partial charge in [0.25, 0.3) is 0 Å². The summed E-state index contributed by atoms with van der Waals surface area (Å²) in [5.41, 5.74) is 3.49. The van der Waals surface area contributed by atoms with Gasteiger partial charge in [-0.2, -0.15) is 0 Å². The van der Waals surface area contributed by atoms with Gasteiger partial charge in [0.05, 0.1) is 0 Å². The summed E-state index contributed by atoms with van der Waals surface area (Å²) in [6.45, 7) is 5.90. The van der Waals surface area contributed by atoms with Crippen LogP contribution in [0.25, 0.3) is 11.1 Å². The lowest BCUT2D eigenvalue weighted by atomic mass is 9.89. The Bertz CT molecular complexity index is 538. The lowest BCUT2D eigenvalue weighted by molar-refractivity contribution is -0.123. The zero-order chi connectivity index (χ0) is 13.8. The summed E-state index contributed by atoms with van der Waals surface area (Å²) >= 11 is 0. The van der Waals surface area contributed by atoms with Crippen LogP contribution in [-0.4, -0.2) is 5.78 Å². The van der Waals surface area contributed by atoms with Gasteiger partial charge in [0, 0.05) is 11.8 Å². The van der Waals surface area contributed by atoms with Crippen molar-refractivity contribution in [1.82, 2.24) is 0 Å². The molecule has 1 atom stereocenters. The van der Waals surface area contributed by atoms with Gasteiger partial charge in [-0.25, -0.2) is 0 Å². The van der Waals surface area contributed by atoms with Crippen molar-refractivity contribution in [2.75, 3.05) is 0 Å². The fraction of sp³-hybridized carbons (Fsp3) is 0.278. The summed E-state index contributed by atoms with van der Waals surface area (Å²) < 4.78 is 0. The van der Waals surface area contributed by atoms with Gasteiger partial charge >= 0.3 is 0 Å². The zero-order valence-corrected chi connectivity index (χ0v) is 11.8. The molecule has 0 saturated heterocycles. The third-order valence-corrected chi connectivity index (χ3v) is 3.51. The van der Waals surface area contributed by atoms with E-state index in [2.05, 4.69) is 36.4 Å². The molecule has 2 aromatic rings. The Kier molecular flexibility index (Phi) is 4.16. The number of hydrogen-bond donors (Lipinski definition) is 0. The second-order valence-electron chi connectivity index (χ2n) is 5.27. The number of ketones is 1. The molecule has 0 aliphatic heterocycles. The quantitative estimate of drug-likeness (QED) is 0.772. The molecule has 0 bridgehead atoms. The number of carbonyl (C=O) groups is 1. The first kappa shape index (κ1) is 13.5. The average Bonchev–Trinajstić information content (AvgIpc) is 2.46. The molecule has 2 aromatic carbocycles. The molecule has 0 aromatic heterocycles. The molecular formula is C18H20O. The Hall–Kier alpha value is -1.89. The fourth-order valence-electron chi connectivity index (χ4n) is 2.26. The first-order valence-corrected chi connectivity index (χ1v) is 6.78. The molecule has 1 unspecified atom stereocenters. The highest BCUT2D eigenvalue weighted by molar-refractivity contribution is 5.87. The lowest BCUT2D eigenvalue weighted by Gasteiger charge is -2.14. The number of benzene rings is 2. The largest absolute Gasteiger partial charge is 0.299 e. The molecule has 0 spiro atoms. The van der Waals surface area contributed by atoms with E-state index in [0.717, 1.165) is 5.56 Å². The lowest BCUT2D eigenvalue weighted by Crippen LogP contribution is -2.15. The second-order valence-corrected chi connectivity index (χ2v) is 5.27. The van der Waals surface area contributed by atoms with E-state index in [0.29, 0.717) is 5.78 Å². The zero-order valence-electron chi connectivity index (χ0n) is 11.8. The highest BCUT2D eigenvalue weighted by Gasteiger charge is 2.17. The molecule has 0 aliphatic rings. The van der Waals surface area contributed by atoms with Crippen molar-refractivity contribution in [2.45, 2.75) is 26.7 Å². The van der Waals surface area contributed by atoms with Crippen LogP contribution in [0.4, 0.5) is 0 Å². The summed E-state index contributed by atoms with van der Waals surface area (Å²) in [4.78, 5) is 12.0.